The van der Waals surface area contributed by atoms with Crippen molar-refractivity contribution < 1.29 is 14.3 Å². The van der Waals surface area contributed by atoms with E-state index in [-0.39, 0.29) is 12.5 Å². The van der Waals surface area contributed by atoms with Gasteiger partial charge in [0.25, 0.3) is 5.91 Å². The van der Waals surface area contributed by atoms with Crippen molar-refractivity contribution in [3.05, 3.63) is 70.9 Å². The fraction of sp³-hybridized carbons (Fsp3) is 0.158. The van der Waals surface area contributed by atoms with Gasteiger partial charge in [-0.25, -0.2) is 0 Å². The number of hydrogen-bond donors (Lipinski definition) is 1. The van der Waals surface area contributed by atoms with Gasteiger partial charge >= 0.3 is 5.97 Å². The number of aromatic nitrogens is 1. The van der Waals surface area contributed by atoms with E-state index in [2.05, 4.69) is 4.98 Å². The molecule has 1 N–H and O–H groups in total. The maximum absolute atomic E-state index is 12.9. The van der Waals surface area contributed by atoms with Gasteiger partial charge < -0.3 is 14.6 Å². The molecule has 0 aliphatic heterocycles. The van der Waals surface area contributed by atoms with E-state index in [1.807, 2.05) is 36.4 Å². The van der Waals surface area contributed by atoms with Crippen molar-refractivity contribution in [3.8, 4) is 0 Å². The van der Waals surface area contributed by atoms with Gasteiger partial charge in [-0.15, -0.1) is 0 Å². The molecule has 0 spiro atoms. The molecule has 1 heterocycles. The minimum Gasteiger partial charge on any atom is -0.468 e. The normalized spacial score (nSPS) is 10.6. The van der Waals surface area contributed by atoms with Gasteiger partial charge in [0.2, 0.25) is 0 Å². The first-order chi connectivity index (χ1) is 12.1. The lowest BCUT2D eigenvalue weighted by molar-refractivity contribution is -0.141. The molecule has 0 saturated heterocycles. The van der Waals surface area contributed by atoms with Crippen LogP contribution in [-0.2, 0) is 16.1 Å². The number of nitrogens with one attached hydrogen (secondary N) is 1. The number of nitrogens with zero attached hydrogens (tertiary/aromatic N) is 1. The number of amides is 1. The van der Waals surface area contributed by atoms with Gasteiger partial charge in [0.05, 0.1) is 7.11 Å². The number of hydrogen-bond acceptors (Lipinski definition) is 3. The molecule has 0 radical (unpaired) electrons. The lowest BCUT2D eigenvalue weighted by Crippen LogP contribution is -2.35. The van der Waals surface area contributed by atoms with Gasteiger partial charge in [-0.2, -0.15) is 0 Å². The molecule has 0 fully saturated rings. The third kappa shape index (κ3) is 4.00. The summed E-state index contributed by atoms with van der Waals surface area (Å²) in [5, 5.41) is 1.44. The Morgan fingerprint density at radius 3 is 2.60 bits per heavy atom. The van der Waals surface area contributed by atoms with Gasteiger partial charge in [-0.1, -0.05) is 41.9 Å². The summed E-state index contributed by atoms with van der Waals surface area (Å²) in [7, 11) is 1.30. The standard InChI is InChI=1S/C19H17ClN2O3/c1-25-18(23)12-22(11-13-5-3-2-4-6-13)19(24)17-10-14-9-15(20)7-8-16(14)21-17/h2-10,21H,11-12H2,1H3. The molecule has 0 bridgehead atoms. The number of carbonyl (C=O) groups excluding carboxylic acids is 2. The van der Waals surface area contributed by atoms with Gasteiger partial charge in [0.15, 0.2) is 0 Å². The number of methoxy groups -OCH3 is 1. The fourth-order valence-corrected chi connectivity index (χ4v) is 2.79. The molecule has 2 aromatic carbocycles. The molecule has 1 amide bonds. The highest BCUT2D eigenvalue weighted by atomic mass is 35.5. The molecule has 0 aliphatic rings. The molecule has 25 heavy (non-hydrogen) atoms. The van der Waals surface area contributed by atoms with Crippen LogP contribution in [0.1, 0.15) is 16.1 Å². The average Bonchev–Trinajstić information content (AvgIpc) is 3.04. The van der Waals surface area contributed by atoms with Gasteiger partial charge in [0.1, 0.15) is 12.2 Å². The third-order valence-electron chi connectivity index (χ3n) is 3.86. The summed E-state index contributed by atoms with van der Waals surface area (Å²) in [5.74, 6) is -0.745. The highest BCUT2D eigenvalue weighted by Crippen LogP contribution is 2.21. The molecule has 128 valence electrons. The zero-order valence-electron chi connectivity index (χ0n) is 13.7. The fourth-order valence-electron chi connectivity index (χ4n) is 2.61. The Kier molecular flexibility index (Phi) is 5.05. The number of esters is 1. The largest absolute Gasteiger partial charge is 0.468 e. The third-order valence-corrected chi connectivity index (χ3v) is 4.10. The molecule has 3 aromatic rings. The lowest BCUT2D eigenvalue weighted by Gasteiger charge is -2.21. The zero-order chi connectivity index (χ0) is 17.8. The summed E-state index contributed by atoms with van der Waals surface area (Å²) >= 11 is 5.99. The second kappa shape index (κ2) is 7.40. The Labute approximate surface area is 150 Å². The molecule has 0 saturated carbocycles. The molecular weight excluding hydrogens is 340 g/mol. The summed E-state index contributed by atoms with van der Waals surface area (Å²) in [6, 6.07) is 16.6. The highest BCUT2D eigenvalue weighted by Gasteiger charge is 2.21. The Balaban J connectivity index is 1.89. The first-order valence-corrected chi connectivity index (χ1v) is 8.13. The van der Waals surface area contributed by atoms with Crippen molar-refractivity contribution in [1.29, 1.82) is 0 Å². The first-order valence-electron chi connectivity index (χ1n) is 7.75. The van der Waals surface area contributed by atoms with Crippen LogP contribution in [0.3, 0.4) is 0 Å². The van der Waals surface area contributed by atoms with Crippen LogP contribution in [-0.4, -0.2) is 35.4 Å². The predicted molar refractivity (Wildman–Crippen MR) is 96.5 cm³/mol. The number of halogens is 1. The number of carbonyl (C=O) groups is 2. The smallest absolute Gasteiger partial charge is 0.325 e. The van der Waals surface area contributed by atoms with E-state index in [0.717, 1.165) is 16.5 Å². The van der Waals surface area contributed by atoms with Crippen molar-refractivity contribution in [1.82, 2.24) is 9.88 Å². The quantitative estimate of drug-likeness (QED) is 0.710. The summed E-state index contributed by atoms with van der Waals surface area (Å²) in [5.41, 5.74) is 2.14. The highest BCUT2D eigenvalue weighted by molar-refractivity contribution is 6.31. The maximum Gasteiger partial charge on any atom is 0.325 e. The van der Waals surface area contributed by atoms with Crippen LogP contribution in [0.2, 0.25) is 5.02 Å². The molecule has 0 atom stereocenters. The minimum absolute atomic E-state index is 0.125. The molecule has 3 rings (SSSR count). The van der Waals surface area contributed by atoms with E-state index in [4.69, 9.17) is 16.3 Å². The van der Waals surface area contributed by atoms with E-state index in [0.29, 0.717) is 17.3 Å². The van der Waals surface area contributed by atoms with Crippen LogP contribution in [0.4, 0.5) is 0 Å². The first kappa shape index (κ1) is 17.0. The Hall–Kier alpha value is -2.79. The number of aromatic amines is 1. The molecule has 0 unspecified atom stereocenters. The number of H-pyrrole nitrogens is 1. The van der Waals surface area contributed by atoms with E-state index >= 15 is 0 Å². The molecule has 5 nitrogen and oxygen atoms in total. The van der Waals surface area contributed by atoms with Crippen LogP contribution >= 0.6 is 11.6 Å². The van der Waals surface area contributed by atoms with Gasteiger partial charge in [-0.3, -0.25) is 9.59 Å². The minimum atomic E-state index is -0.469. The average molecular weight is 357 g/mol. The van der Waals surface area contributed by atoms with Crippen LogP contribution in [0.25, 0.3) is 10.9 Å². The predicted octanol–water partition coefficient (Wildman–Crippen LogP) is 3.64. The molecule has 0 aliphatic carbocycles. The van der Waals surface area contributed by atoms with Crippen LogP contribution in [0.15, 0.2) is 54.6 Å². The van der Waals surface area contributed by atoms with Crippen LogP contribution in [0, 0.1) is 0 Å². The SMILES string of the molecule is COC(=O)CN(Cc1ccccc1)C(=O)c1cc2cc(Cl)ccc2[nH]1. The Morgan fingerprint density at radius 1 is 1.12 bits per heavy atom. The topological polar surface area (TPSA) is 62.4 Å². The van der Waals surface area contributed by atoms with E-state index in [9.17, 15) is 9.59 Å². The summed E-state index contributed by atoms with van der Waals surface area (Å²) in [6.45, 7) is 0.186. The van der Waals surface area contributed by atoms with Crippen molar-refractivity contribution >= 4 is 34.4 Å². The summed E-state index contributed by atoms with van der Waals surface area (Å²) < 4.78 is 4.72. The van der Waals surface area contributed by atoms with Gasteiger partial charge in [-0.05, 0) is 29.8 Å². The number of benzene rings is 2. The number of ether oxygens (including phenoxy) is 1. The van der Waals surface area contributed by atoms with Crippen molar-refractivity contribution in [3.63, 3.8) is 0 Å². The second-order valence-electron chi connectivity index (χ2n) is 5.64. The van der Waals surface area contributed by atoms with Crippen LogP contribution in [0.5, 0.6) is 0 Å². The number of rotatable bonds is 5. The van der Waals surface area contributed by atoms with Crippen LogP contribution < -0.4 is 0 Å². The van der Waals surface area contributed by atoms with Crippen molar-refractivity contribution in [2.75, 3.05) is 13.7 Å². The lowest BCUT2D eigenvalue weighted by atomic mass is 10.2. The Bertz CT molecular complexity index is 905. The molecule has 1 aromatic heterocycles. The molecular formula is C19H17ClN2O3. The van der Waals surface area contributed by atoms with E-state index < -0.39 is 5.97 Å². The maximum atomic E-state index is 12.9. The van der Waals surface area contributed by atoms with E-state index in [1.54, 1.807) is 18.2 Å². The Morgan fingerprint density at radius 2 is 1.88 bits per heavy atom. The number of fused-ring (bicyclic) bond motifs is 1. The van der Waals surface area contributed by atoms with Crippen molar-refractivity contribution in [2.45, 2.75) is 6.54 Å². The monoisotopic (exact) mass is 356 g/mol. The molecule has 6 heteroatoms. The zero-order valence-corrected chi connectivity index (χ0v) is 14.4. The van der Waals surface area contributed by atoms with E-state index in [1.165, 1.54) is 12.0 Å². The summed E-state index contributed by atoms with van der Waals surface area (Å²) in [6.07, 6.45) is 0. The second-order valence-corrected chi connectivity index (χ2v) is 6.07. The van der Waals surface area contributed by atoms with Gasteiger partial charge in [0, 0.05) is 22.5 Å². The van der Waals surface area contributed by atoms with Crippen molar-refractivity contribution in [2.24, 2.45) is 0 Å². The summed E-state index contributed by atoms with van der Waals surface area (Å²) in [4.78, 5) is 29.2.